The van der Waals surface area contributed by atoms with E-state index in [1.807, 2.05) is 0 Å². The molecule has 1 heterocycles. The molecule has 2 aromatic rings. The minimum atomic E-state index is -0.368. The molecule has 0 aliphatic heterocycles. The van der Waals surface area contributed by atoms with Crippen LogP contribution in [0.3, 0.4) is 0 Å². The number of ether oxygens (including phenoxy) is 1. The second-order valence-electron chi connectivity index (χ2n) is 2.93. The van der Waals surface area contributed by atoms with Gasteiger partial charge in [0.2, 0.25) is 5.28 Å². The van der Waals surface area contributed by atoms with Crippen molar-refractivity contribution < 1.29 is 9.13 Å². The lowest BCUT2D eigenvalue weighted by Gasteiger charge is -2.02. The highest BCUT2D eigenvalue weighted by atomic mass is 35.5. The van der Waals surface area contributed by atoms with Crippen molar-refractivity contribution in [3.8, 4) is 17.4 Å². The van der Waals surface area contributed by atoms with E-state index < -0.39 is 0 Å². The first kappa shape index (κ1) is 10.8. The monoisotopic (exact) mass is 239 g/mol. The van der Waals surface area contributed by atoms with Gasteiger partial charge in [-0.15, -0.1) is 0 Å². The molecule has 0 spiro atoms. The Morgan fingerprint density at radius 1 is 1.25 bits per heavy atom. The van der Waals surface area contributed by atoms with E-state index in [9.17, 15) is 4.39 Å². The van der Waals surface area contributed by atoms with Crippen molar-refractivity contribution in [3.63, 3.8) is 0 Å². The van der Waals surface area contributed by atoms with E-state index in [-0.39, 0.29) is 22.9 Å². The first-order valence-corrected chi connectivity index (χ1v) is 4.78. The maximum atomic E-state index is 13.0. The summed E-state index contributed by atoms with van der Waals surface area (Å²) in [7, 11) is 1.42. The summed E-state index contributed by atoms with van der Waals surface area (Å²) in [5, 5.41) is 0.00566. The standard InChI is InChI=1S/C10H7ClFN3O/c1-16-10-14-8(13-9(11)15-10)6-3-2-4-7(12)5-6/h2-5H,1H3. The van der Waals surface area contributed by atoms with Gasteiger partial charge in [0.1, 0.15) is 5.82 Å². The Balaban J connectivity index is 2.51. The Morgan fingerprint density at radius 3 is 2.75 bits per heavy atom. The van der Waals surface area contributed by atoms with Crippen LogP contribution in [-0.2, 0) is 0 Å². The fourth-order valence-corrected chi connectivity index (χ4v) is 1.33. The van der Waals surface area contributed by atoms with E-state index in [0.717, 1.165) is 0 Å². The third-order valence-electron chi connectivity index (χ3n) is 1.85. The summed E-state index contributed by atoms with van der Waals surface area (Å²) in [5.74, 6) is -0.0932. The number of benzene rings is 1. The maximum absolute atomic E-state index is 13.0. The molecule has 0 unspecified atom stereocenters. The van der Waals surface area contributed by atoms with Crippen molar-refractivity contribution in [3.05, 3.63) is 35.4 Å². The lowest BCUT2D eigenvalue weighted by atomic mass is 10.2. The number of nitrogens with zero attached hydrogens (tertiary/aromatic N) is 3. The molecule has 0 amide bonds. The maximum Gasteiger partial charge on any atom is 0.321 e. The van der Waals surface area contributed by atoms with Crippen LogP contribution >= 0.6 is 11.6 Å². The van der Waals surface area contributed by atoms with Crippen molar-refractivity contribution in [2.75, 3.05) is 7.11 Å². The van der Waals surface area contributed by atoms with Crippen molar-refractivity contribution in [1.29, 1.82) is 0 Å². The largest absolute Gasteiger partial charge is 0.467 e. The van der Waals surface area contributed by atoms with Gasteiger partial charge in [-0.1, -0.05) is 12.1 Å². The number of methoxy groups -OCH3 is 1. The van der Waals surface area contributed by atoms with Gasteiger partial charge in [0.15, 0.2) is 5.82 Å². The number of aromatic nitrogens is 3. The second-order valence-corrected chi connectivity index (χ2v) is 3.26. The molecule has 0 saturated carbocycles. The molecule has 82 valence electrons. The molecule has 0 saturated heterocycles. The second kappa shape index (κ2) is 4.40. The average molecular weight is 240 g/mol. The van der Waals surface area contributed by atoms with Gasteiger partial charge < -0.3 is 4.74 Å². The lowest BCUT2D eigenvalue weighted by Crippen LogP contribution is -1.98. The molecular weight excluding hydrogens is 233 g/mol. The predicted molar refractivity (Wildman–Crippen MR) is 56.8 cm³/mol. The normalized spacial score (nSPS) is 10.2. The summed E-state index contributed by atoms with van der Waals surface area (Å²) in [6.45, 7) is 0. The van der Waals surface area contributed by atoms with E-state index in [2.05, 4.69) is 15.0 Å². The highest BCUT2D eigenvalue weighted by molar-refractivity contribution is 6.28. The third-order valence-corrected chi connectivity index (χ3v) is 2.02. The van der Waals surface area contributed by atoms with Gasteiger partial charge in [-0.2, -0.15) is 15.0 Å². The fourth-order valence-electron chi connectivity index (χ4n) is 1.18. The summed E-state index contributed by atoms with van der Waals surface area (Å²) in [6.07, 6.45) is 0. The van der Waals surface area contributed by atoms with Crippen LogP contribution in [0.4, 0.5) is 4.39 Å². The molecule has 16 heavy (non-hydrogen) atoms. The topological polar surface area (TPSA) is 47.9 Å². The van der Waals surface area contributed by atoms with Crippen LogP contribution in [-0.4, -0.2) is 22.1 Å². The molecule has 0 atom stereocenters. The quantitative estimate of drug-likeness (QED) is 0.807. The first-order valence-electron chi connectivity index (χ1n) is 4.40. The minimum Gasteiger partial charge on any atom is -0.467 e. The van der Waals surface area contributed by atoms with Crippen molar-refractivity contribution in [2.45, 2.75) is 0 Å². The van der Waals surface area contributed by atoms with E-state index in [1.54, 1.807) is 12.1 Å². The van der Waals surface area contributed by atoms with Gasteiger partial charge in [0.25, 0.3) is 0 Å². The van der Waals surface area contributed by atoms with Gasteiger partial charge in [-0.3, -0.25) is 0 Å². The van der Waals surface area contributed by atoms with Crippen molar-refractivity contribution in [1.82, 2.24) is 15.0 Å². The number of halogens is 2. The van der Waals surface area contributed by atoms with Crippen LogP contribution in [0.5, 0.6) is 6.01 Å². The summed E-state index contributed by atoms with van der Waals surface area (Å²) in [4.78, 5) is 11.6. The predicted octanol–water partition coefficient (Wildman–Crippen LogP) is 2.34. The van der Waals surface area contributed by atoms with Crippen LogP contribution in [0, 0.1) is 5.82 Å². The number of hydrogen-bond acceptors (Lipinski definition) is 4. The summed E-state index contributed by atoms with van der Waals surface area (Å²) >= 11 is 5.68. The molecule has 1 aromatic carbocycles. The van der Waals surface area contributed by atoms with Gasteiger partial charge >= 0.3 is 6.01 Å². The van der Waals surface area contributed by atoms with Gasteiger partial charge in [0.05, 0.1) is 7.11 Å². The molecule has 2 rings (SSSR count). The van der Waals surface area contributed by atoms with E-state index >= 15 is 0 Å². The van der Waals surface area contributed by atoms with Crippen LogP contribution in [0.2, 0.25) is 5.28 Å². The molecule has 0 bridgehead atoms. The zero-order valence-electron chi connectivity index (χ0n) is 8.32. The molecular formula is C10H7ClFN3O. The Kier molecular flexibility index (Phi) is 2.96. The van der Waals surface area contributed by atoms with Crippen LogP contribution in [0.1, 0.15) is 0 Å². The van der Waals surface area contributed by atoms with E-state index in [4.69, 9.17) is 16.3 Å². The number of rotatable bonds is 2. The van der Waals surface area contributed by atoms with Gasteiger partial charge in [-0.25, -0.2) is 4.39 Å². The van der Waals surface area contributed by atoms with Gasteiger partial charge in [-0.05, 0) is 23.7 Å². The Morgan fingerprint density at radius 2 is 2.06 bits per heavy atom. The summed E-state index contributed by atoms with van der Waals surface area (Å²) in [6, 6.07) is 5.98. The Hall–Kier alpha value is -1.75. The molecule has 4 nitrogen and oxygen atoms in total. The average Bonchev–Trinajstić information content (AvgIpc) is 2.28. The lowest BCUT2D eigenvalue weighted by molar-refractivity contribution is 0.379. The molecule has 0 fully saturated rings. The number of hydrogen-bond donors (Lipinski definition) is 0. The molecule has 0 N–H and O–H groups in total. The SMILES string of the molecule is COc1nc(Cl)nc(-c2cccc(F)c2)n1. The fraction of sp³-hybridized carbons (Fsp3) is 0.100. The van der Waals surface area contributed by atoms with E-state index in [1.165, 1.54) is 19.2 Å². The summed E-state index contributed by atoms with van der Waals surface area (Å²) < 4.78 is 17.8. The first-order chi connectivity index (χ1) is 7.69. The Labute approximate surface area is 96.1 Å². The van der Waals surface area contributed by atoms with Crippen LogP contribution in [0.15, 0.2) is 24.3 Å². The van der Waals surface area contributed by atoms with Crippen LogP contribution in [0.25, 0.3) is 11.4 Å². The zero-order chi connectivity index (χ0) is 11.5. The van der Waals surface area contributed by atoms with Crippen LogP contribution < -0.4 is 4.74 Å². The van der Waals surface area contributed by atoms with Gasteiger partial charge in [0, 0.05) is 5.56 Å². The molecule has 1 aromatic heterocycles. The smallest absolute Gasteiger partial charge is 0.321 e. The highest BCUT2D eigenvalue weighted by Gasteiger charge is 2.07. The zero-order valence-corrected chi connectivity index (χ0v) is 9.07. The van der Waals surface area contributed by atoms with E-state index in [0.29, 0.717) is 5.56 Å². The molecule has 6 heteroatoms. The third kappa shape index (κ3) is 2.25. The Bertz CT molecular complexity index is 521. The minimum absolute atomic E-state index is 0.00566. The molecule has 0 aliphatic rings. The molecule has 0 aliphatic carbocycles. The highest BCUT2D eigenvalue weighted by Crippen LogP contribution is 2.19. The van der Waals surface area contributed by atoms with Crippen molar-refractivity contribution in [2.24, 2.45) is 0 Å². The molecule has 0 radical (unpaired) electrons. The van der Waals surface area contributed by atoms with Crippen molar-refractivity contribution >= 4 is 11.6 Å². The summed E-state index contributed by atoms with van der Waals surface area (Å²) in [5.41, 5.74) is 0.516.